The molecule has 1 unspecified atom stereocenters. The molecule has 1 N–H and O–H groups in total. The Kier molecular flexibility index (Phi) is 7.98. The Bertz CT molecular complexity index is 1200. The van der Waals surface area contributed by atoms with E-state index in [1.165, 1.54) is 16.4 Å². The van der Waals surface area contributed by atoms with Crippen LogP contribution in [-0.4, -0.2) is 37.8 Å². The van der Waals surface area contributed by atoms with Gasteiger partial charge in [-0.1, -0.05) is 74.0 Å². The van der Waals surface area contributed by atoms with Crippen molar-refractivity contribution < 1.29 is 13.2 Å². The molecule has 0 aromatic heterocycles. The van der Waals surface area contributed by atoms with Crippen LogP contribution in [0.15, 0.2) is 77.7 Å². The van der Waals surface area contributed by atoms with E-state index in [4.69, 9.17) is 5.26 Å². The molecule has 0 bridgehead atoms. The van der Waals surface area contributed by atoms with E-state index < -0.39 is 22.0 Å². The molecule has 1 amide bonds. The second kappa shape index (κ2) is 10.9. The molecule has 0 saturated carbocycles. The predicted molar refractivity (Wildman–Crippen MR) is 125 cm³/mol. The number of nitrogens with zero attached hydrogens (tertiary/aromatic N) is 2. The summed E-state index contributed by atoms with van der Waals surface area (Å²) in [7, 11) is -3.92. The summed E-state index contributed by atoms with van der Waals surface area (Å²) < 4.78 is 28.4. The maximum Gasteiger partial charge on any atom is 0.243 e. The third-order valence-electron chi connectivity index (χ3n) is 5.32. The molecule has 0 fully saturated rings. The van der Waals surface area contributed by atoms with Crippen LogP contribution in [0.25, 0.3) is 10.8 Å². The standard InChI is InChI=1S/C25H27N3O3S/c1-2-3-17-28(32(30,31)23-11-5-4-6-12-23)24(25(29)27-16-15-26)19-20-13-14-21-9-7-8-10-22(21)18-20/h4-14,18,24H,2-3,16-17,19H2,1H3,(H,27,29). The molecule has 166 valence electrons. The number of nitrogens with one attached hydrogen (secondary N) is 1. The van der Waals surface area contributed by atoms with Crippen molar-refractivity contribution in [2.45, 2.75) is 37.1 Å². The van der Waals surface area contributed by atoms with Crippen molar-refractivity contribution in [3.05, 3.63) is 78.4 Å². The average molecular weight is 450 g/mol. The minimum atomic E-state index is -3.92. The van der Waals surface area contributed by atoms with Gasteiger partial charge in [0, 0.05) is 6.54 Å². The van der Waals surface area contributed by atoms with Crippen molar-refractivity contribution in [2.24, 2.45) is 0 Å². The van der Waals surface area contributed by atoms with Gasteiger partial charge >= 0.3 is 0 Å². The van der Waals surface area contributed by atoms with Crippen LogP contribution in [-0.2, 0) is 21.2 Å². The second-order valence-electron chi connectivity index (χ2n) is 7.56. The maximum absolute atomic E-state index is 13.5. The van der Waals surface area contributed by atoms with Gasteiger partial charge in [-0.15, -0.1) is 0 Å². The van der Waals surface area contributed by atoms with Gasteiger partial charge in [-0.25, -0.2) is 8.42 Å². The van der Waals surface area contributed by atoms with Crippen LogP contribution in [0.1, 0.15) is 25.3 Å². The van der Waals surface area contributed by atoms with Crippen LogP contribution < -0.4 is 5.32 Å². The SMILES string of the molecule is CCCCN(C(Cc1ccc2ccccc2c1)C(=O)NCC#N)S(=O)(=O)c1ccccc1. The number of carbonyl (C=O) groups excluding carboxylic acids is 1. The zero-order valence-corrected chi connectivity index (χ0v) is 18.9. The van der Waals surface area contributed by atoms with E-state index in [-0.39, 0.29) is 24.4 Å². The lowest BCUT2D eigenvalue weighted by Gasteiger charge is -2.30. The third kappa shape index (κ3) is 5.52. The van der Waals surface area contributed by atoms with E-state index in [2.05, 4.69) is 5.32 Å². The number of amides is 1. The fourth-order valence-corrected chi connectivity index (χ4v) is 5.29. The third-order valence-corrected chi connectivity index (χ3v) is 7.24. The molecule has 6 nitrogen and oxygen atoms in total. The molecule has 3 aromatic carbocycles. The van der Waals surface area contributed by atoms with Crippen LogP contribution in [0.4, 0.5) is 0 Å². The minimum Gasteiger partial charge on any atom is -0.342 e. The highest BCUT2D eigenvalue weighted by atomic mass is 32.2. The van der Waals surface area contributed by atoms with Gasteiger partial charge in [-0.2, -0.15) is 9.57 Å². The number of hydrogen-bond donors (Lipinski definition) is 1. The van der Waals surface area contributed by atoms with E-state index in [0.717, 1.165) is 22.8 Å². The fourth-order valence-electron chi connectivity index (χ4n) is 3.64. The van der Waals surface area contributed by atoms with Crippen molar-refractivity contribution >= 4 is 26.7 Å². The minimum absolute atomic E-state index is 0.146. The number of carbonyl (C=O) groups is 1. The smallest absolute Gasteiger partial charge is 0.243 e. The van der Waals surface area contributed by atoms with Crippen LogP contribution in [0.2, 0.25) is 0 Å². The van der Waals surface area contributed by atoms with E-state index in [9.17, 15) is 13.2 Å². The van der Waals surface area contributed by atoms with Gasteiger partial charge in [0.1, 0.15) is 12.6 Å². The van der Waals surface area contributed by atoms with Gasteiger partial charge < -0.3 is 5.32 Å². The van der Waals surface area contributed by atoms with E-state index in [0.29, 0.717) is 6.42 Å². The van der Waals surface area contributed by atoms with Crippen molar-refractivity contribution in [1.29, 1.82) is 5.26 Å². The Morgan fingerprint density at radius 2 is 1.72 bits per heavy atom. The van der Waals surface area contributed by atoms with E-state index in [1.807, 2.05) is 55.5 Å². The lowest BCUT2D eigenvalue weighted by atomic mass is 10.0. The van der Waals surface area contributed by atoms with Crippen LogP contribution in [0.5, 0.6) is 0 Å². The van der Waals surface area contributed by atoms with Crippen molar-refractivity contribution in [1.82, 2.24) is 9.62 Å². The quantitative estimate of drug-likeness (QED) is 0.476. The zero-order valence-electron chi connectivity index (χ0n) is 18.1. The maximum atomic E-state index is 13.5. The average Bonchev–Trinajstić information content (AvgIpc) is 2.82. The lowest BCUT2D eigenvalue weighted by molar-refractivity contribution is -0.124. The van der Waals surface area contributed by atoms with Crippen LogP contribution in [0.3, 0.4) is 0 Å². The summed E-state index contributed by atoms with van der Waals surface area (Å²) in [6.45, 7) is 2.01. The van der Waals surface area contributed by atoms with Crippen molar-refractivity contribution in [3.8, 4) is 6.07 Å². The molecule has 3 aromatic rings. The number of hydrogen-bond acceptors (Lipinski definition) is 4. The Morgan fingerprint density at radius 3 is 2.41 bits per heavy atom. The molecule has 32 heavy (non-hydrogen) atoms. The summed E-state index contributed by atoms with van der Waals surface area (Å²) in [5.74, 6) is -0.477. The Labute approximate surface area is 189 Å². The monoisotopic (exact) mass is 449 g/mol. The van der Waals surface area contributed by atoms with E-state index in [1.54, 1.807) is 18.2 Å². The number of rotatable bonds is 10. The fraction of sp³-hybridized carbons (Fsp3) is 0.280. The summed E-state index contributed by atoms with van der Waals surface area (Å²) in [4.78, 5) is 13.2. The summed E-state index contributed by atoms with van der Waals surface area (Å²) in [5, 5.41) is 13.6. The largest absolute Gasteiger partial charge is 0.342 e. The highest BCUT2D eigenvalue weighted by molar-refractivity contribution is 7.89. The summed E-state index contributed by atoms with van der Waals surface area (Å²) in [6.07, 6.45) is 1.60. The van der Waals surface area contributed by atoms with Crippen LogP contribution in [0, 0.1) is 11.3 Å². The van der Waals surface area contributed by atoms with Gasteiger partial charge in [0.15, 0.2) is 0 Å². The van der Waals surface area contributed by atoms with Crippen molar-refractivity contribution in [2.75, 3.05) is 13.1 Å². The second-order valence-corrected chi connectivity index (χ2v) is 9.45. The van der Waals surface area contributed by atoms with Gasteiger partial charge in [0.05, 0.1) is 11.0 Å². The molecule has 0 radical (unpaired) electrons. The molecular formula is C25H27N3O3S. The molecule has 1 atom stereocenters. The Hall–Kier alpha value is -3.21. The first-order chi connectivity index (χ1) is 15.5. The number of benzene rings is 3. The normalized spacial score (nSPS) is 12.4. The summed E-state index contributed by atoms with van der Waals surface area (Å²) in [5.41, 5.74) is 0.852. The molecule has 3 rings (SSSR count). The molecule has 0 aliphatic heterocycles. The topological polar surface area (TPSA) is 90.3 Å². The highest BCUT2D eigenvalue weighted by Crippen LogP contribution is 2.23. The summed E-state index contributed by atoms with van der Waals surface area (Å²) in [6, 6.07) is 22.8. The number of fused-ring (bicyclic) bond motifs is 1. The molecule has 0 spiro atoms. The summed E-state index contributed by atoms with van der Waals surface area (Å²) >= 11 is 0. The molecule has 0 aliphatic rings. The van der Waals surface area contributed by atoms with Crippen LogP contribution >= 0.6 is 0 Å². The first kappa shape index (κ1) is 23.5. The number of nitriles is 1. The van der Waals surface area contributed by atoms with Gasteiger partial charge in [0.2, 0.25) is 15.9 Å². The molecule has 0 heterocycles. The first-order valence-electron chi connectivity index (χ1n) is 10.7. The molecule has 7 heteroatoms. The first-order valence-corrected chi connectivity index (χ1v) is 12.1. The van der Waals surface area contributed by atoms with Crippen molar-refractivity contribution in [3.63, 3.8) is 0 Å². The Morgan fingerprint density at radius 1 is 1.03 bits per heavy atom. The Balaban J connectivity index is 2.03. The highest BCUT2D eigenvalue weighted by Gasteiger charge is 2.35. The lowest BCUT2D eigenvalue weighted by Crippen LogP contribution is -2.51. The van der Waals surface area contributed by atoms with Gasteiger partial charge in [-0.3, -0.25) is 4.79 Å². The zero-order chi connectivity index (χ0) is 23.0. The predicted octanol–water partition coefficient (Wildman–Crippen LogP) is 3.88. The molecule has 0 saturated heterocycles. The molecule has 0 aliphatic carbocycles. The number of sulfonamides is 1. The van der Waals surface area contributed by atoms with Gasteiger partial charge in [0.25, 0.3) is 0 Å². The molecular weight excluding hydrogens is 422 g/mol. The van der Waals surface area contributed by atoms with Gasteiger partial charge in [-0.05, 0) is 41.3 Å². The number of unbranched alkanes of at least 4 members (excludes halogenated alkanes) is 1. The van der Waals surface area contributed by atoms with E-state index >= 15 is 0 Å².